The van der Waals surface area contributed by atoms with Gasteiger partial charge in [-0.2, -0.15) is 0 Å². The third-order valence-corrected chi connectivity index (χ3v) is 8.14. The maximum Gasteiger partial charge on any atom is 0.0833 e. The van der Waals surface area contributed by atoms with Gasteiger partial charge in [-0.25, -0.2) is 0 Å². The van der Waals surface area contributed by atoms with Crippen LogP contribution in [0.5, 0.6) is 0 Å². The van der Waals surface area contributed by atoms with Crippen LogP contribution < -0.4 is 0 Å². The molecule has 6 rings (SSSR count). The molecule has 2 bridgehead atoms. The lowest BCUT2D eigenvalue weighted by molar-refractivity contribution is 0.0538. The number of aliphatic hydroxyl groups is 1. The van der Waals surface area contributed by atoms with Crippen LogP contribution in [-0.4, -0.2) is 34.6 Å². The van der Waals surface area contributed by atoms with E-state index in [1.807, 2.05) is 18.2 Å². The Morgan fingerprint density at radius 2 is 1.84 bits per heavy atom. The van der Waals surface area contributed by atoms with Crippen molar-refractivity contribution in [3.63, 3.8) is 0 Å². The summed E-state index contributed by atoms with van der Waals surface area (Å²) < 4.78 is 0. The first kappa shape index (κ1) is 19.5. The number of halogens is 1. The minimum Gasteiger partial charge on any atom is -0.388 e. The van der Waals surface area contributed by atoms with Crippen LogP contribution in [0.2, 0.25) is 5.02 Å². The minimum absolute atomic E-state index is 0.0380. The van der Waals surface area contributed by atoms with E-state index in [-0.39, 0.29) is 5.41 Å². The Balaban J connectivity index is 1.25. The second-order valence-corrected chi connectivity index (χ2v) is 9.94. The zero-order valence-electron chi connectivity index (χ0n) is 17.5. The number of hydrogen-bond acceptors (Lipinski definition) is 3. The first-order valence-electron chi connectivity index (χ1n) is 11.4. The van der Waals surface area contributed by atoms with E-state index in [1.165, 1.54) is 22.3 Å². The largest absolute Gasteiger partial charge is 0.388 e. The number of aromatic nitrogens is 1. The predicted molar refractivity (Wildman–Crippen MR) is 123 cm³/mol. The van der Waals surface area contributed by atoms with Crippen LogP contribution in [0.3, 0.4) is 0 Å². The number of fused-ring (bicyclic) bond motifs is 8. The first-order valence-corrected chi connectivity index (χ1v) is 11.7. The van der Waals surface area contributed by atoms with Crippen molar-refractivity contribution in [2.24, 2.45) is 5.92 Å². The fourth-order valence-corrected chi connectivity index (χ4v) is 6.62. The second-order valence-electron chi connectivity index (χ2n) is 9.50. The number of aliphatic hydroxyl groups excluding tert-OH is 1. The molecular formula is C27H27ClN2O. The molecule has 0 radical (unpaired) electrons. The Morgan fingerprint density at radius 1 is 1.03 bits per heavy atom. The van der Waals surface area contributed by atoms with Crippen LogP contribution in [0.25, 0.3) is 0 Å². The van der Waals surface area contributed by atoms with Crippen molar-refractivity contribution in [2.45, 2.75) is 36.7 Å². The summed E-state index contributed by atoms with van der Waals surface area (Å²) in [5.74, 6) is 0.792. The Labute approximate surface area is 188 Å². The van der Waals surface area contributed by atoms with Gasteiger partial charge in [0.05, 0.1) is 6.10 Å². The summed E-state index contributed by atoms with van der Waals surface area (Å²) in [4.78, 5) is 6.79. The Bertz CT molecular complexity index is 1110. The van der Waals surface area contributed by atoms with Gasteiger partial charge in [0.2, 0.25) is 0 Å². The average Bonchev–Trinajstić information content (AvgIpc) is 3.31. The molecule has 0 saturated carbocycles. The van der Waals surface area contributed by atoms with Crippen LogP contribution in [0, 0.1) is 5.92 Å². The molecule has 1 aliphatic heterocycles. The molecule has 3 atom stereocenters. The number of nitrogens with zero attached hydrogens (tertiary/aromatic N) is 2. The zero-order chi connectivity index (χ0) is 21.0. The highest BCUT2D eigenvalue weighted by atomic mass is 35.5. The summed E-state index contributed by atoms with van der Waals surface area (Å²) in [7, 11) is 0. The molecule has 3 aromatic rings. The number of rotatable bonds is 4. The van der Waals surface area contributed by atoms with Gasteiger partial charge in [-0.15, -0.1) is 0 Å². The molecule has 158 valence electrons. The minimum atomic E-state index is -0.420. The van der Waals surface area contributed by atoms with E-state index in [2.05, 4.69) is 46.3 Å². The Kier molecular flexibility index (Phi) is 4.68. The molecule has 0 amide bonds. The number of likely N-dealkylation sites (tertiary alicyclic amines) is 1. The van der Waals surface area contributed by atoms with Crippen molar-refractivity contribution in [3.8, 4) is 0 Å². The van der Waals surface area contributed by atoms with E-state index in [9.17, 15) is 5.11 Å². The standard InChI is InChI=1S/C27H27ClN2O/c28-20-7-8-22-23-15-27(25(22)14-20,24-6-2-1-5-21(23)24)17-30-12-9-18(10-13-30)26(31)19-4-3-11-29-16-19/h1-8,11,14,16,18,23,26,31H,9-10,12-13,15,17H2/t23-,26?,27-/m0/s1. The molecule has 31 heavy (non-hydrogen) atoms. The lowest BCUT2D eigenvalue weighted by Gasteiger charge is -2.40. The van der Waals surface area contributed by atoms with Crippen LogP contribution in [-0.2, 0) is 5.41 Å². The van der Waals surface area contributed by atoms with Gasteiger partial charge in [-0.3, -0.25) is 4.98 Å². The van der Waals surface area contributed by atoms with E-state index in [0.717, 1.165) is 49.5 Å². The summed E-state index contributed by atoms with van der Waals surface area (Å²) in [5.41, 5.74) is 6.86. The van der Waals surface area contributed by atoms with Crippen molar-refractivity contribution in [2.75, 3.05) is 19.6 Å². The van der Waals surface area contributed by atoms with Gasteiger partial charge in [0.15, 0.2) is 0 Å². The molecule has 1 saturated heterocycles. The topological polar surface area (TPSA) is 36.4 Å². The van der Waals surface area contributed by atoms with Crippen molar-refractivity contribution < 1.29 is 5.11 Å². The molecule has 1 N–H and O–H groups in total. The highest BCUT2D eigenvalue weighted by Gasteiger charge is 2.53. The van der Waals surface area contributed by atoms with Crippen LogP contribution >= 0.6 is 11.6 Å². The molecule has 0 spiro atoms. The summed E-state index contributed by atoms with van der Waals surface area (Å²) in [6.45, 7) is 3.07. The summed E-state index contributed by atoms with van der Waals surface area (Å²) in [6, 6.07) is 19.4. The fraction of sp³-hybridized carbons (Fsp3) is 0.370. The fourth-order valence-electron chi connectivity index (χ4n) is 6.45. The lowest BCUT2D eigenvalue weighted by Crippen LogP contribution is -2.44. The molecule has 3 aliphatic rings. The molecular weight excluding hydrogens is 404 g/mol. The summed E-state index contributed by atoms with van der Waals surface area (Å²) in [6.07, 6.45) is 6.32. The maximum atomic E-state index is 10.8. The number of pyridine rings is 1. The molecule has 1 unspecified atom stereocenters. The Hall–Kier alpha value is -2.20. The van der Waals surface area contributed by atoms with Gasteiger partial charge in [0.1, 0.15) is 0 Å². The monoisotopic (exact) mass is 430 g/mol. The molecule has 3 nitrogen and oxygen atoms in total. The van der Waals surface area contributed by atoms with Gasteiger partial charge < -0.3 is 10.0 Å². The lowest BCUT2D eigenvalue weighted by atomic mass is 9.74. The quantitative estimate of drug-likeness (QED) is 0.608. The van der Waals surface area contributed by atoms with Gasteiger partial charge >= 0.3 is 0 Å². The van der Waals surface area contributed by atoms with Crippen molar-refractivity contribution in [3.05, 3.63) is 99.8 Å². The van der Waals surface area contributed by atoms with Crippen LogP contribution in [0.4, 0.5) is 0 Å². The summed E-state index contributed by atoms with van der Waals surface area (Å²) >= 11 is 6.46. The van der Waals surface area contributed by atoms with Gasteiger partial charge in [0, 0.05) is 35.3 Å². The highest BCUT2D eigenvalue weighted by molar-refractivity contribution is 6.30. The van der Waals surface area contributed by atoms with Crippen molar-refractivity contribution >= 4 is 11.6 Å². The molecule has 2 aliphatic carbocycles. The van der Waals surface area contributed by atoms with E-state index >= 15 is 0 Å². The van der Waals surface area contributed by atoms with Gasteiger partial charge in [-0.05, 0) is 84.3 Å². The molecule has 4 heteroatoms. The van der Waals surface area contributed by atoms with E-state index in [0.29, 0.717) is 11.8 Å². The Morgan fingerprint density at radius 3 is 2.65 bits per heavy atom. The van der Waals surface area contributed by atoms with Gasteiger partial charge in [-0.1, -0.05) is 48.0 Å². The molecule has 1 fully saturated rings. The normalized spacial score (nSPS) is 25.9. The highest BCUT2D eigenvalue weighted by Crippen LogP contribution is 2.60. The van der Waals surface area contributed by atoms with Crippen LogP contribution in [0.15, 0.2) is 67.0 Å². The van der Waals surface area contributed by atoms with E-state index < -0.39 is 6.10 Å². The third kappa shape index (κ3) is 3.06. The second kappa shape index (κ2) is 7.44. The zero-order valence-corrected chi connectivity index (χ0v) is 18.3. The third-order valence-electron chi connectivity index (χ3n) is 7.91. The smallest absolute Gasteiger partial charge is 0.0833 e. The van der Waals surface area contributed by atoms with Crippen molar-refractivity contribution in [1.29, 1.82) is 0 Å². The van der Waals surface area contributed by atoms with Gasteiger partial charge in [0.25, 0.3) is 0 Å². The average molecular weight is 431 g/mol. The maximum absolute atomic E-state index is 10.8. The first-order chi connectivity index (χ1) is 15.2. The number of piperidine rings is 1. The molecule has 1 aromatic heterocycles. The predicted octanol–water partition coefficient (Wildman–Crippen LogP) is 5.32. The van der Waals surface area contributed by atoms with E-state index in [1.54, 1.807) is 12.4 Å². The SMILES string of the molecule is OC(c1cccnc1)C1CCN(C[C@@]23C[C@@H](c4ccccc42)c2ccc(Cl)cc23)CC1. The van der Waals surface area contributed by atoms with E-state index in [4.69, 9.17) is 11.6 Å². The molecule has 2 heterocycles. The van der Waals surface area contributed by atoms with Crippen molar-refractivity contribution in [1.82, 2.24) is 9.88 Å². The number of hydrogen-bond donors (Lipinski definition) is 1. The number of benzene rings is 2. The summed E-state index contributed by atoms with van der Waals surface area (Å²) in [5, 5.41) is 11.7. The van der Waals surface area contributed by atoms with Crippen LogP contribution in [0.1, 0.15) is 59.1 Å². The molecule has 2 aromatic carbocycles.